The van der Waals surface area contributed by atoms with Gasteiger partial charge in [0, 0.05) is 6.54 Å². The summed E-state index contributed by atoms with van der Waals surface area (Å²) in [5, 5.41) is 12.1. The van der Waals surface area contributed by atoms with Crippen LogP contribution in [0.5, 0.6) is 0 Å². The third-order valence-electron chi connectivity index (χ3n) is 3.58. The van der Waals surface area contributed by atoms with Gasteiger partial charge < -0.3 is 10.4 Å². The Labute approximate surface area is 126 Å². The maximum Gasteiger partial charge on any atom is 0.418 e. The van der Waals surface area contributed by atoms with Gasteiger partial charge in [0.25, 0.3) is 0 Å². The number of para-hydroxylation sites is 1. The van der Waals surface area contributed by atoms with Gasteiger partial charge in [-0.2, -0.15) is 13.2 Å². The summed E-state index contributed by atoms with van der Waals surface area (Å²) in [7, 11) is 1.65. The largest absolute Gasteiger partial charge is 0.418 e. The number of aliphatic hydroxyl groups is 1. The van der Waals surface area contributed by atoms with E-state index in [-0.39, 0.29) is 18.2 Å². The van der Waals surface area contributed by atoms with E-state index in [4.69, 9.17) is 0 Å². The Morgan fingerprint density at radius 1 is 1.41 bits per heavy atom. The summed E-state index contributed by atoms with van der Waals surface area (Å²) < 4.78 is 38.5. The fraction of sp³-hybridized carbons (Fsp3) is 0.533. The van der Waals surface area contributed by atoms with Crippen LogP contribution in [0.2, 0.25) is 0 Å². The summed E-state index contributed by atoms with van der Waals surface area (Å²) in [6.45, 7) is 0.259. The number of anilines is 1. The van der Waals surface area contributed by atoms with E-state index in [0.717, 1.165) is 18.9 Å². The lowest BCUT2D eigenvalue weighted by Crippen LogP contribution is -2.36. The van der Waals surface area contributed by atoms with E-state index in [9.17, 15) is 23.1 Å². The lowest BCUT2D eigenvalue weighted by Gasteiger charge is -2.20. The minimum Gasteiger partial charge on any atom is -0.392 e. The molecule has 0 radical (unpaired) electrons. The number of carbonyl (C=O) groups is 1. The normalized spacial score (nSPS) is 16.6. The van der Waals surface area contributed by atoms with Crippen LogP contribution < -0.4 is 5.32 Å². The Bertz CT molecular complexity index is 530. The molecule has 0 heterocycles. The molecule has 0 aromatic heterocycles. The monoisotopic (exact) mass is 316 g/mol. The number of aliphatic hydroxyl groups excluding tert-OH is 1. The predicted molar refractivity (Wildman–Crippen MR) is 76.3 cm³/mol. The molecule has 0 bridgehead atoms. The van der Waals surface area contributed by atoms with Crippen molar-refractivity contribution in [3.63, 3.8) is 0 Å². The first-order chi connectivity index (χ1) is 10.3. The number of nitrogens with zero attached hydrogens (tertiary/aromatic N) is 1. The molecule has 1 aliphatic rings. The van der Waals surface area contributed by atoms with Gasteiger partial charge in [-0.15, -0.1) is 0 Å². The second kappa shape index (κ2) is 6.66. The number of likely N-dealkylation sites (N-methyl/N-ethyl adjacent to an activating group) is 1. The number of benzene rings is 1. The number of carbonyl (C=O) groups excluding carboxylic acids is 1. The summed E-state index contributed by atoms with van der Waals surface area (Å²) in [5.41, 5.74) is -1.12. The highest BCUT2D eigenvalue weighted by Gasteiger charge is 2.34. The molecule has 0 saturated heterocycles. The summed E-state index contributed by atoms with van der Waals surface area (Å²) >= 11 is 0. The molecule has 1 aromatic carbocycles. The van der Waals surface area contributed by atoms with Crippen LogP contribution >= 0.6 is 0 Å². The van der Waals surface area contributed by atoms with Crippen molar-refractivity contribution >= 4 is 11.6 Å². The summed E-state index contributed by atoms with van der Waals surface area (Å²) in [5.74, 6) is -0.251. The third kappa shape index (κ3) is 4.71. The molecule has 2 rings (SSSR count). The van der Waals surface area contributed by atoms with Crippen LogP contribution in [-0.4, -0.2) is 42.2 Å². The fourth-order valence-electron chi connectivity index (χ4n) is 2.29. The molecule has 1 aromatic rings. The van der Waals surface area contributed by atoms with Gasteiger partial charge >= 0.3 is 6.18 Å². The lowest BCUT2D eigenvalue weighted by atomic mass is 10.1. The van der Waals surface area contributed by atoms with Crippen molar-refractivity contribution in [1.29, 1.82) is 0 Å². The molecule has 7 heteroatoms. The SMILES string of the molecule is CN(CC(=O)Nc1ccccc1C(F)(F)F)CC(O)C1CC1. The highest BCUT2D eigenvalue weighted by molar-refractivity contribution is 5.93. The fourth-order valence-corrected chi connectivity index (χ4v) is 2.29. The zero-order valence-electron chi connectivity index (χ0n) is 12.2. The molecule has 2 N–H and O–H groups in total. The maximum atomic E-state index is 12.8. The summed E-state index contributed by atoms with van der Waals surface area (Å²) in [4.78, 5) is 13.5. The van der Waals surface area contributed by atoms with Crippen LogP contribution in [0.4, 0.5) is 18.9 Å². The topological polar surface area (TPSA) is 52.6 Å². The van der Waals surface area contributed by atoms with Crippen LogP contribution in [0, 0.1) is 5.92 Å². The van der Waals surface area contributed by atoms with Crippen molar-refractivity contribution in [3.8, 4) is 0 Å². The van der Waals surface area contributed by atoms with E-state index in [0.29, 0.717) is 6.54 Å². The molecular weight excluding hydrogens is 297 g/mol. The zero-order chi connectivity index (χ0) is 16.3. The molecular formula is C15H19F3N2O2. The van der Waals surface area contributed by atoms with Gasteiger partial charge in [0.05, 0.1) is 23.9 Å². The molecule has 0 spiro atoms. The van der Waals surface area contributed by atoms with Gasteiger partial charge in [-0.1, -0.05) is 12.1 Å². The first kappa shape index (κ1) is 16.8. The zero-order valence-corrected chi connectivity index (χ0v) is 12.2. The standard InChI is InChI=1S/C15H19F3N2O2/c1-20(8-13(21)10-6-7-10)9-14(22)19-12-5-3-2-4-11(12)15(16,17)18/h2-5,10,13,21H,6-9H2,1H3,(H,19,22). The second-order valence-corrected chi connectivity index (χ2v) is 5.69. The number of alkyl halides is 3. The molecule has 1 fully saturated rings. The number of nitrogens with one attached hydrogen (secondary N) is 1. The van der Waals surface area contributed by atoms with Crippen molar-refractivity contribution in [2.75, 3.05) is 25.5 Å². The van der Waals surface area contributed by atoms with Gasteiger partial charge in [-0.25, -0.2) is 0 Å². The average molecular weight is 316 g/mol. The van der Waals surface area contributed by atoms with Crippen LogP contribution in [-0.2, 0) is 11.0 Å². The molecule has 1 amide bonds. The summed E-state index contributed by atoms with van der Waals surface area (Å²) in [6, 6.07) is 4.86. The minimum absolute atomic E-state index is 0.0734. The Hall–Kier alpha value is -1.60. The quantitative estimate of drug-likeness (QED) is 0.847. The van der Waals surface area contributed by atoms with Gasteiger partial charge in [0.2, 0.25) is 5.91 Å². The Kier molecular flexibility index (Phi) is 5.08. The minimum atomic E-state index is -4.52. The first-order valence-corrected chi connectivity index (χ1v) is 7.10. The van der Waals surface area contributed by atoms with E-state index in [2.05, 4.69) is 5.32 Å². The van der Waals surface area contributed by atoms with Crippen LogP contribution in [0.15, 0.2) is 24.3 Å². The van der Waals surface area contributed by atoms with Crippen molar-refractivity contribution in [3.05, 3.63) is 29.8 Å². The maximum absolute atomic E-state index is 12.8. The van der Waals surface area contributed by atoms with E-state index >= 15 is 0 Å². The van der Waals surface area contributed by atoms with Gasteiger partial charge in [0.1, 0.15) is 0 Å². The number of hydrogen-bond acceptors (Lipinski definition) is 3. The molecule has 1 saturated carbocycles. The van der Waals surface area contributed by atoms with Crippen LogP contribution in [0.25, 0.3) is 0 Å². The first-order valence-electron chi connectivity index (χ1n) is 7.10. The Morgan fingerprint density at radius 2 is 2.05 bits per heavy atom. The van der Waals surface area contributed by atoms with Crippen LogP contribution in [0.3, 0.4) is 0 Å². The third-order valence-corrected chi connectivity index (χ3v) is 3.58. The van der Waals surface area contributed by atoms with E-state index < -0.39 is 23.8 Å². The number of hydrogen-bond donors (Lipinski definition) is 2. The van der Waals surface area contributed by atoms with Crippen molar-refractivity contribution < 1.29 is 23.1 Å². The lowest BCUT2D eigenvalue weighted by molar-refractivity contribution is -0.137. The van der Waals surface area contributed by atoms with E-state index in [1.165, 1.54) is 18.2 Å². The highest BCUT2D eigenvalue weighted by Crippen LogP contribution is 2.34. The average Bonchev–Trinajstić information content (AvgIpc) is 3.21. The van der Waals surface area contributed by atoms with Gasteiger partial charge in [-0.05, 0) is 37.9 Å². The number of amides is 1. The molecule has 122 valence electrons. The Balaban J connectivity index is 1.91. The molecule has 4 nitrogen and oxygen atoms in total. The highest BCUT2D eigenvalue weighted by atomic mass is 19.4. The van der Waals surface area contributed by atoms with Gasteiger partial charge in [-0.3, -0.25) is 9.69 Å². The molecule has 1 unspecified atom stereocenters. The number of rotatable bonds is 6. The van der Waals surface area contributed by atoms with Crippen LogP contribution in [0.1, 0.15) is 18.4 Å². The molecule has 1 atom stereocenters. The van der Waals surface area contributed by atoms with Crippen molar-refractivity contribution in [1.82, 2.24) is 4.90 Å². The Morgan fingerprint density at radius 3 is 2.64 bits per heavy atom. The molecule has 22 heavy (non-hydrogen) atoms. The van der Waals surface area contributed by atoms with Crippen molar-refractivity contribution in [2.24, 2.45) is 5.92 Å². The smallest absolute Gasteiger partial charge is 0.392 e. The molecule has 0 aliphatic heterocycles. The van der Waals surface area contributed by atoms with E-state index in [1.807, 2.05) is 0 Å². The second-order valence-electron chi connectivity index (χ2n) is 5.69. The number of halogens is 3. The molecule has 1 aliphatic carbocycles. The predicted octanol–water partition coefficient (Wildman–Crippen LogP) is 2.35. The van der Waals surface area contributed by atoms with E-state index in [1.54, 1.807) is 11.9 Å². The van der Waals surface area contributed by atoms with Crippen molar-refractivity contribution in [2.45, 2.75) is 25.1 Å². The summed E-state index contributed by atoms with van der Waals surface area (Å²) in [6.07, 6.45) is -3.03. The van der Waals surface area contributed by atoms with Gasteiger partial charge in [0.15, 0.2) is 0 Å².